The molecule has 1 saturated carbocycles. The van der Waals surface area contributed by atoms with E-state index in [4.69, 9.17) is 0 Å². The first-order chi connectivity index (χ1) is 9.31. The smallest absolute Gasteiger partial charge is 0.121 e. The molecule has 2 aromatic rings. The van der Waals surface area contributed by atoms with Crippen molar-refractivity contribution in [2.45, 2.75) is 44.8 Å². The molecule has 1 aliphatic rings. The van der Waals surface area contributed by atoms with E-state index in [0.717, 1.165) is 17.8 Å². The quantitative estimate of drug-likeness (QED) is 0.911. The number of aliphatic hydroxyl groups is 1. The molecule has 3 rings (SSSR count). The number of hydrogen-bond acceptors (Lipinski definition) is 2. The lowest BCUT2D eigenvalue weighted by Gasteiger charge is -2.29. The van der Waals surface area contributed by atoms with E-state index in [9.17, 15) is 5.11 Å². The Hall–Kier alpha value is -1.61. The van der Waals surface area contributed by atoms with Crippen LogP contribution in [0.3, 0.4) is 0 Å². The van der Waals surface area contributed by atoms with Gasteiger partial charge in [-0.3, -0.25) is 4.68 Å². The summed E-state index contributed by atoms with van der Waals surface area (Å²) in [5.41, 5.74) is 3.24. The van der Waals surface area contributed by atoms with Crippen molar-refractivity contribution in [3.63, 3.8) is 0 Å². The van der Waals surface area contributed by atoms with Crippen LogP contribution >= 0.6 is 0 Å². The first kappa shape index (κ1) is 12.4. The largest absolute Gasteiger partial charge is 0.382 e. The zero-order valence-electron chi connectivity index (χ0n) is 11.3. The molecular formula is C16H20N2O. The topological polar surface area (TPSA) is 38.0 Å². The number of aryl methyl sites for hydroxylation is 1. The molecule has 0 saturated heterocycles. The van der Waals surface area contributed by atoms with Gasteiger partial charge in [0.25, 0.3) is 0 Å². The molecule has 0 radical (unpaired) electrons. The summed E-state index contributed by atoms with van der Waals surface area (Å²) in [5.74, 6) is 0.629. The van der Waals surface area contributed by atoms with Gasteiger partial charge in [-0.25, -0.2) is 0 Å². The first-order valence-corrected chi connectivity index (χ1v) is 7.10. The highest BCUT2D eigenvalue weighted by Gasteiger charge is 2.25. The molecule has 0 aliphatic heterocycles. The third-order valence-corrected chi connectivity index (χ3v) is 4.16. The van der Waals surface area contributed by atoms with Gasteiger partial charge in [-0.15, -0.1) is 0 Å². The van der Waals surface area contributed by atoms with Gasteiger partial charge in [0.15, 0.2) is 0 Å². The van der Waals surface area contributed by atoms with Gasteiger partial charge >= 0.3 is 0 Å². The van der Waals surface area contributed by atoms with Crippen molar-refractivity contribution in [1.29, 1.82) is 0 Å². The van der Waals surface area contributed by atoms with E-state index < -0.39 is 6.10 Å². The lowest BCUT2D eigenvalue weighted by Crippen LogP contribution is -2.15. The molecule has 1 fully saturated rings. The third kappa shape index (κ3) is 2.19. The first-order valence-electron chi connectivity index (χ1n) is 7.10. The molecule has 1 unspecified atom stereocenters. The van der Waals surface area contributed by atoms with Gasteiger partial charge in [-0.05, 0) is 42.9 Å². The molecule has 1 heterocycles. The summed E-state index contributed by atoms with van der Waals surface area (Å²) >= 11 is 0. The predicted octanol–water partition coefficient (Wildman–Crippen LogP) is 3.25. The summed E-state index contributed by atoms with van der Waals surface area (Å²) in [4.78, 5) is 0. The van der Waals surface area contributed by atoms with Gasteiger partial charge in [-0.1, -0.05) is 30.7 Å². The van der Waals surface area contributed by atoms with Crippen LogP contribution in [0.1, 0.15) is 55.0 Å². The fourth-order valence-corrected chi connectivity index (χ4v) is 2.85. The normalized spacial score (nSPS) is 17.2. The Morgan fingerprint density at radius 2 is 2.11 bits per heavy atom. The molecule has 1 aromatic carbocycles. The van der Waals surface area contributed by atoms with Crippen molar-refractivity contribution in [3.05, 3.63) is 53.3 Å². The van der Waals surface area contributed by atoms with Gasteiger partial charge in [0, 0.05) is 12.7 Å². The molecule has 0 spiro atoms. The molecule has 1 atom stereocenters. The number of benzene rings is 1. The fourth-order valence-electron chi connectivity index (χ4n) is 2.85. The van der Waals surface area contributed by atoms with Crippen molar-refractivity contribution in [2.24, 2.45) is 0 Å². The van der Waals surface area contributed by atoms with Crippen LogP contribution in [0.25, 0.3) is 0 Å². The van der Waals surface area contributed by atoms with Crippen LogP contribution in [0, 0.1) is 0 Å². The van der Waals surface area contributed by atoms with Gasteiger partial charge in [0.1, 0.15) is 6.10 Å². The van der Waals surface area contributed by atoms with E-state index in [1.807, 2.05) is 29.8 Å². The van der Waals surface area contributed by atoms with Crippen LogP contribution < -0.4 is 0 Å². The summed E-state index contributed by atoms with van der Waals surface area (Å²) in [6.45, 7) is 2.83. The second-order valence-electron chi connectivity index (χ2n) is 5.23. The van der Waals surface area contributed by atoms with E-state index in [0.29, 0.717) is 5.92 Å². The zero-order chi connectivity index (χ0) is 13.2. The maximum Gasteiger partial charge on any atom is 0.121 e. The van der Waals surface area contributed by atoms with Gasteiger partial charge in [0.2, 0.25) is 0 Å². The van der Waals surface area contributed by atoms with Gasteiger partial charge < -0.3 is 5.11 Å². The van der Waals surface area contributed by atoms with Crippen molar-refractivity contribution < 1.29 is 5.11 Å². The van der Waals surface area contributed by atoms with Crippen LogP contribution in [0.15, 0.2) is 36.5 Å². The van der Waals surface area contributed by atoms with E-state index in [1.54, 1.807) is 6.20 Å². The summed E-state index contributed by atoms with van der Waals surface area (Å²) in [6.07, 6.45) is 4.99. The van der Waals surface area contributed by atoms with Crippen LogP contribution in [0.5, 0.6) is 0 Å². The maximum absolute atomic E-state index is 10.7. The number of nitrogens with zero attached hydrogens (tertiary/aromatic N) is 2. The van der Waals surface area contributed by atoms with Gasteiger partial charge in [-0.2, -0.15) is 5.10 Å². The zero-order valence-corrected chi connectivity index (χ0v) is 11.3. The Balaban J connectivity index is 1.97. The van der Waals surface area contributed by atoms with Crippen molar-refractivity contribution in [1.82, 2.24) is 9.78 Å². The lowest BCUT2D eigenvalue weighted by molar-refractivity contribution is 0.205. The van der Waals surface area contributed by atoms with Crippen molar-refractivity contribution >= 4 is 0 Å². The van der Waals surface area contributed by atoms with Crippen LogP contribution in [0.2, 0.25) is 0 Å². The Morgan fingerprint density at radius 1 is 1.32 bits per heavy atom. The maximum atomic E-state index is 10.7. The molecule has 3 nitrogen and oxygen atoms in total. The lowest BCUT2D eigenvalue weighted by atomic mass is 9.77. The average molecular weight is 256 g/mol. The van der Waals surface area contributed by atoms with Crippen LogP contribution in [-0.4, -0.2) is 14.9 Å². The molecule has 1 N–H and O–H groups in total. The molecule has 19 heavy (non-hydrogen) atoms. The van der Waals surface area contributed by atoms with Gasteiger partial charge in [0.05, 0.1) is 5.69 Å². The summed E-state index contributed by atoms with van der Waals surface area (Å²) < 4.78 is 1.86. The van der Waals surface area contributed by atoms with E-state index in [-0.39, 0.29) is 0 Å². The molecule has 1 aromatic heterocycles. The molecule has 100 valence electrons. The number of aromatic nitrogens is 2. The van der Waals surface area contributed by atoms with Crippen LogP contribution in [-0.2, 0) is 6.54 Å². The monoisotopic (exact) mass is 256 g/mol. The fraction of sp³-hybridized carbons (Fsp3) is 0.438. The minimum absolute atomic E-state index is 0.570. The highest BCUT2D eigenvalue weighted by molar-refractivity contribution is 5.37. The minimum Gasteiger partial charge on any atom is -0.382 e. The molecule has 1 aliphatic carbocycles. The number of aliphatic hydroxyl groups excluding tert-OH is 1. The molecule has 0 amide bonds. The molecule has 3 heteroatoms. The van der Waals surface area contributed by atoms with E-state index in [1.165, 1.54) is 24.8 Å². The van der Waals surface area contributed by atoms with E-state index >= 15 is 0 Å². The summed E-state index contributed by atoms with van der Waals surface area (Å²) in [5, 5.41) is 14.9. The number of hydrogen-bond donors (Lipinski definition) is 1. The Bertz CT molecular complexity index is 557. The number of rotatable bonds is 4. The SMILES string of the molecule is CCn1nccc1C(O)c1ccccc1C1CCC1. The summed E-state index contributed by atoms with van der Waals surface area (Å²) in [7, 11) is 0. The predicted molar refractivity (Wildman–Crippen MR) is 75.0 cm³/mol. The Morgan fingerprint density at radius 3 is 2.79 bits per heavy atom. The highest BCUT2D eigenvalue weighted by Crippen LogP contribution is 2.40. The average Bonchev–Trinajstić information content (AvgIpc) is 2.85. The molecular weight excluding hydrogens is 236 g/mol. The van der Waals surface area contributed by atoms with Crippen LogP contribution in [0.4, 0.5) is 0 Å². The highest BCUT2D eigenvalue weighted by atomic mass is 16.3. The van der Waals surface area contributed by atoms with Crippen molar-refractivity contribution in [2.75, 3.05) is 0 Å². The minimum atomic E-state index is -0.570. The van der Waals surface area contributed by atoms with E-state index in [2.05, 4.69) is 17.2 Å². The standard InChI is InChI=1S/C16H20N2O/c1-2-18-15(10-11-17-18)16(19)14-9-4-3-8-13(14)12-6-5-7-12/h3-4,8-12,16,19H,2,5-7H2,1H3. The Kier molecular flexibility index (Phi) is 3.38. The molecule has 0 bridgehead atoms. The Labute approximate surface area is 113 Å². The summed E-state index contributed by atoms with van der Waals surface area (Å²) in [6, 6.07) is 10.2. The third-order valence-electron chi connectivity index (χ3n) is 4.16. The second kappa shape index (κ2) is 5.17. The van der Waals surface area contributed by atoms with Crippen molar-refractivity contribution in [3.8, 4) is 0 Å². The second-order valence-corrected chi connectivity index (χ2v) is 5.23.